The predicted molar refractivity (Wildman–Crippen MR) is 97.0 cm³/mol. The molecule has 1 aromatic carbocycles. The van der Waals surface area contributed by atoms with Gasteiger partial charge in [0.1, 0.15) is 4.88 Å². The van der Waals surface area contributed by atoms with Crippen molar-refractivity contribution >= 4 is 38.7 Å². The van der Waals surface area contributed by atoms with E-state index in [0.717, 1.165) is 15.8 Å². The molecule has 0 bridgehead atoms. The first kappa shape index (κ1) is 16.2. The minimum Gasteiger partial charge on any atom is -0.364 e. The Labute approximate surface area is 143 Å². The Morgan fingerprint density at radius 2 is 1.88 bits per heavy atom. The van der Waals surface area contributed by atoms with Crippen LogP contribution in [0.15, 0.2) is 43.5 Å². The van der Waals surface area contributed by atoms with Gasteiger partial charge in [0, 0.05) is 48.4 Å². The standard InChI is InChI=1S/C17H17N3O3S/c1-3-7-18-9-10-19(8-4-2)17(21)16-15(18)13-11-12(20(22)23)5-6-14(13)24-16/h3-6,11H,1-2,7-10H2. The fraction of sp³-hybridized carbons (Fsp3) is 0.235. The molecule has 0 saturated heterocycles. The molecular formula is C17H17N3O3S. The van der Waals surface area contributed by atoms with Crippen molar-refractivity contribution in [3.05, 3.63) is 58.5 Å². The van der Waals surface area contributed by atoms with E-state index in [-0.39, 0.29) is 11.6 Å². The van der Waals surface area contributed by atoms with E-state index in [1.807, 2.05) is 0 Å². The number of benzene rings is 1. The van der Waals surface area contributed by atoms with Gasteiger partial charge in [-0.05, 0) is 6.07 Å². The van der Waals surface area contributed by atoms with Crippen LogP contribution in [-0.4, -0.2) is 41.9 Å². The summed E-state index contributed by atoms with van der Waals surface area (Å²) in [5, 5.41) is 11.9. The highest BCUT2D eigenvalue weighted by Crippen LogP contribution is 2.41. The summed E-state index contributed by atoms with van der Waals surface area (Å²) in [4.78, 5) is 28.0. The zero-order valence-electron chi connectivity index (χ0n) is 13.1. The Hall–Kier alpha value is -2.67. The summed E-state index contributed by atoms with van der Waals surface area (Å²) in [5.41, 5.74) is 0.802. The van der Waals surface area contributed by atoms with Crippen LogP contribution < -0.4 is 4.90 Å². The maximum absolute atomic E-state index is 12.9. The second-order valence-corrected chi connectivity index (χ2v) is 6.54. The highest BCUT2D eigenvalue weighted by molar-refractivity contribution is 7.21. The molecule has 1 aliphatic rings. The molecular weight excluding hydrogens is 326 g/mol. The number of hydrogen-bond donors (Lipinski definition) is 0. The van der Waals surface area contributed by atoms with E-state index in [9.17, 15) is 14.9 Å². The van der Waals surface area contributed by atoms with Crippen LogP contribution in [0.1, 0.15) is 9.67 Å². The summed E-state index contributed by atoms with van der Waals surface area (Å²) >= 11 is 1.38. The maximum Gasteiger partial charge on any atom is 0.270 e. The summed E-state index contributed by atoms with van der Waals surface area (Å²) in [5.74, 6) is -0.0553. The number of fused-ring (bicyclic) bond motifs is 3. The van der Waals surface area contributed by atoms with Crippen LogP contribution in [0.25, 0.3) is 10.1 Å². The maximum atomic E-state index is 12.9. The molecule has 1 aliphatic heterocycles. The molecule has 0 N–H and O–H groups in total. The Kier molecular flexibility index (Phi) is 4.35. The third kappa shape index (κ3) is 2.67. The lowest BCUT2D eigenvalue weighted by molar-refractivity contribution is -0.384. The lowest BCUT2D eigenvalue weighted by atomic mass is 10.1. The van der Waals surface area contributed by atoms with Gasteiger partial charge in [-0.25, -0.2) is 0 Å². The van der Waals surface area contributed by atoms with Gasteiger partial charge in [0.05, 0.1) is 10.6 Å². The minimum atomic E-state index is -0.413. The van der Waals surface area contributed by atoms with Crippen molar-refractivity contribution in [2.75, 3.05) is 31.1 Å². The molecule has 1 aromatic heterocycles. The number of nitro benzene ring substituents is 1. The van der Waals surface area contributed by atoms with Crippen molar-refractivity contribution in [1.82, 2.24) is 4.90 Å². The van der Waals surface area contributed by atoms with Crippen LogP contribution in [-0.2, 0) is 0 Å². The van der Waals surface area contributed by atoms with Gasteiger partial charge in [-0.15, -0.1) is 24.5 Å². The summed E-state index contributed by atoms with van der Waals surface area (Å²) in [6.07, 6.45) is 3.48. The molecule has 0 saturated carbocycles. The lowest BCUT2D eigenvalue weighted by Crippen LogP contribution is -2.34. The third-order valence-electron chi connectivity index (χ3n) is 3.99. The fourth-order valence-corrected chi connectivity index (χ4v) is 4.09. The Morgan fingerprint density at radius 3 is 2.54 bits per heavy atom. The summed E-state index contributed by atoms with van der Waals surface area (Å²) in [6.45, 7) is 9.78. The van der Waals surface area contributed by atoms with Crippen molar-refractivity contribution in [3.63, 3.8) is 0 Å². The molecule has 0 radical (unpaired) electrons. The van der Waals surface area contributed by atoms with Crippen molar-refractivity contribution < 1.29 is 9.72 Å². The highest BCUT2D eigenvalue weighted by atomic mass is 32.1. The molecule has 0 aliphatic carbocycles. The average molecular weight is 343 g/mol. The van der Waals surface area contributed by atoms with Gasteiger partial charge >= 0.3 is 0 Å². The summed E-state index contributed by atoms with van der Waals surface area (Å²) < 4.78 is 0.869. The monoisotopic (exact) mass is 343 g/mol. The summed E-state index contributed by atoms with van der Waals surface area (Å²) in [7, 11) is 0. The smallest absolute Gasteiger partial charge is 0.270 e. The third-order valence-corrected chi connectivity index (χ3v) is 5.14. The van der Waals surface area contributed by atoms with Gasteiger partial charge in [-0.3, -0.25) is 14.9 Å². The normalized spacial score (nSPS) is 14.4. The lowest BCUT2D eigenvalue weighted by Gasteiger charge is -2.22. The van der Waals surface area contributed by atoms with E-state index in [0.29, 0.717) is 31.1 Å². The van der Waals surface area contributed by atoms with Crippen molar-refractivity contribution in [3.8, 4) is 0 Å². The van der Waals surface area contributed by atoms with Crippen LogP contribution >= 0.6 is 11.3 Å². The van der Waals surface area contributed by atoms with Crippen molar-refractivity contribution in [2.24, 2.45) is 0 Å². The van der Waals surface area contributed by atoms with E-state index in [2.05, 4.69) is 18.1 Å². The second-order valence-electron chi connectivity index (χ2n) is 5.49. The fourth-order valence-electron chi connectivity index (χ4n) is 2.91. The van der Waals surface area contributed by atoms with Gasteiger partial charge in [-0.1, -0.05) is 12.2 Å². The molecule has 0 spiro atoms. The van der Waals surface area contributed by atoms with Gasteiger partial charge in [0.2, 0.25) is 0 Å². The number of amides is 1. The number of carbonyl (C=O) groups excluding carboxylic acids is 1. The molecule has 2 heterocycles. The highest BCUT2D eigenvalue weighted by Gasteiger charge is 2.30. The van der Waals surface area contributed by atoms with Gasteiger partial charge in [-0.2, -0.15) is 0 Å². The van der Waals surface area contributed by atoms with E-state index in [1.165, 1.54) is 17.4 Å². The molecule has 0 unspecified atom stereocenters. The van der Waals surface area contributed by atoms with E-state index >= 15 is 0 Å². The zero-order valence-corrected chi connectivity index (χ0v) is 13.9. The molecule has 124 valence electrons. The van der Waals surface area contributed by atoms with Gasteiger partial charge in [0.25, 0.3) is 11.6 Å². The number of hydrogen-bond acceptors (Lipinski definition) is 5. The molecule has 7 heteroatoms. The molecule has 1 amide bonds. The van der Waals surface area contributed by atoms with Crippen LogP contribution in [0.2, 0.25) is 0 Å². The largest absolute Gasteiger partial charge is 0.364 e. The number of thiophene rings is 1. The molecule has 0 atom stereocenters. The molecule has 6 nitrogen and oxygen atoms in total. The molecule has 3 rings (SSSR count). The average Bonchev–Trinajstić information content (AvgIpc) is 2.89. The van der Waals surface area contributed by atoms with E-state index in [4.69, 9.17) is 0 Å². The van der Waals surface area contributed by atoms with Crippen molar-refractivity contribution in [1.29, 1.82) is 0 Å². The first-order chi connectivity index (χ1) is 11.6. The van der Waals surface area contributed by atoms with Crippen LogP contribution in [0.5, 0.6) is 0 Å². The topological polar surface area (TPSA) is 66.7 Å². The van der Waals surface area contributed by atoms with Crippen LogP contribution in [0, 0.1) is 10.1 Å². The van der Waals surface area contributed by atoms with E-state index in [1.54, 1.807) is 29.2 Å². The number of nitrogens with zero attached hydrogens (tertiary/aromatic N) is 3. The Morgan fingerprint density at radius 1 is 1.21 bits per heavy atom. The molecule has 0 fully saturated rings. The minimum absolute atomic E-state index is 0.0290. The number of nitro groups is 1. The number of rotatable bonds is 5. The van der Waals surface area contributed by atoms with Gasteiger partial charge in [0.15, 0.2) is 0 Å². The number of non-ortho nitro benzene ring substituents is 1. The predicted octanol–water partition coefficient (Wildman–Crippen LogP) is 3.44. The number of carbonyl (C=O) groups is 1. The van der Waals surface area contributed by atoms with Crippen LogP contribution in [0.4, 0.5) is 11.4 Å². The van der Waals surface area contributed by atoms with Crippen molar-refractivity contribution in [2.45, 2.75) is 0 Å². The first-order valence-corrected chi connectivity index (χ1v) is 8.35. The Balaban J connectivity index is 2.22. The first-order valence-electron chi connectivity index (χ1n) is 7.53. The summed E-state index contributed by atoms with van der Waals surface area (Å²) in [6, 6.07) is 4.74. The van der Waals surface area contributed by atoms with Crippen LogP contribution in [0.3, 0.4) is 0 Å². The second kappa shape index (κ2) is 6.45. The van der Waals surface area contributed by atoms with E-state index < -0.39 is 4.92 Å². The number of anilines is 1. The molecule has 2 aromatic rings. The van der Waals surface area contributed by atoms with Gasteiger partial charge < -0.3 is 9.80 Å². The molecule has 24 heavy (non-hydrogen) atoms. The quantitative estimate of drug-likeness (QED) is 0.474. The zero-order chi connectivity index (χ0) is 17.3. The Bertz CT molecular complexity index is 843. The SMILES string of the molecule is C=CCN1CCN(CC=C)c2c(sc3ccc([N+](=O)[O-])cc23)C1=O.